The molecule has 1 aliphatic heterocycles. The lowest BCUT2D eigenvalue weighted by atomic mass is 9.89. The molecule has 0 bridgehead atoms. The second-order valence-electron chi connectivity index (χ2n) is 7.57. The molecular formula is C22H25N3O2. The monoisotopic (exact) mass is 363 g/mol. The van der Waals surface area contributed by atoms with Crippen LogP contribution in [0.15, 0.2) is 54.7 Å². The first-order valence-corrected chi connectivity index (χ1v) is 9.32. The smallest absolute Gasteiger partial charge is 0.237 e. The third-order valence-electron chi connectivity index (χ3n) is 5.56. The van der Waals surface area contributed by atoms with Crippen molar-refractivity contribution in [1.82, 2.24) is 9.47 Å². The molecule has 4 rings (SSSR count). The van der Waals surface area contributed by atoms with Crippen molar-refractivity contribution in [3.05, 3.63) is 71.4 Å². The Hall–Kier alpha value is -2.63. The summed E-state index contributed by atoms with van der Waals surface area (Å²) in [5, 5.41) is 12.4. The van der Waals surface area contributed by atoms with E-state index in [1.807, 2.05) is 60.2 Å². The fourth-order valence-corrected chi connectivity index (χ4v) is 4.31. The summed E-state index contributed by atoms with van der Waals surface area (Å²) in [4.78, 5) is 13.7. The first kappa shape index (κ1) is 17.8. The van der Waals surface area contributed by atoms with Crippen LogP contribution in [0.4, 0.5) is 0 Å². The van der Waals surface area contributed by atoms with Gasteiger partial charge in [0, 0.05) is 36.7 Å². The minimum atomic E-state index is -0.809. The molecule has 3 N–H and O–H groups in total. The molecule has 2 heterocycles. The van der Waals surface area contributed by atoms with Crippen molar-refractivity contribution in [2.24, 2.45) is 5.73 Å². The maximum absolute atomic E-state index is 11.4. The molecule has 5 nitrogen and oxygen atoms in total. The van der Waals surface area contributed by atoms with Gasteiger partial charge in [0.2, 0.25) is 5.91 Å². The summed E-state index contributed by atoms with van der Waals surface area (Å²) < 4.78 is 1.91. The van der Waals surface area contributed by atoms with Crippen molar-refractivity contribution >= 4 is 16.8 Å². The van der Waals surface area contributed by atoms with E-state index in [0.717, 1.165) is 47.1 Å². The molecule has 0 aliphatic carbocycles. The predicted molar refractivity (Wildman–Crippen MR) is 106 cm³/mol. The third-order valence-corrected chi connectivity index (χ3v) is 5.56. The first-order valence-electron chi connectivity index (χ1n) is 9.32. The van der Waals surface area contributed by atoms with Gasteiger partial charge in [-0.25, -0.2) is 0 Å². The number of nitrogens with two attached hydrogens (primary N) is 1. The molecule has 1 saturated heterocycles. The normalized spacial score (nSPS) is 20.4. The second-order valence-corrected chi connectivity index (χ2v) is 7.57. The standard InChI is InChI=1S/C22H25N3O2/c1-16-6-2-4-8-19(16)22(27)10-11-24(15-22)12-17-13-25(14-21(23)26)20-9-5-3-7-18(17)20/h2-9,13,27H,10-12,14-15H2,1H3,(H2,23,26)/t22-/m1/s1. The van der Waals surface area contributed by atoms with Crippen molar-refractivity contribution in [3.63, 3.8) is 0 Å². The van der Waals surface area contributed by atoms with Crippen molar-refractivity contribution in [1.29, 1.82) is 0 Å². The topological polar surface area (TPSA) is 71.5 Å². The molecule has 0 spiro atoms. The molecule has 5 heteroatoms. The maximum Gasteiger partial charge on any atom is 0.237 e. The molecule has 1 fully saturated rings. The van der Waals surface area contributed by atoms with Gasteiger partial charge in [0.05, 0.1) is 0 Å². The van der Waals surface area contributed by atoms with Gasteiger partial charge in [-0.3, -0.25) is 9.69 Å². The van der Waals surface area contributed by atoms with Gasteiger partial charge >= 0.3 is 0 Å². The maximum atomic E-state index is 11.4. The van der Waals surface area contributed by atoms with Crippen LogP contribution in [0.3, 0.4) is 0 Å². The fraction of sp³-hybridized carbons (Fsp3) is 0.318. The van der Waals surface area contributed by atoms with Gasteiger partial charge < -0.3 is 15.4 Å². The Kier molecular flexibility index (Phi) is 4.50. The van der Waals surface area contributed by atoms with E-state index in [1.54, 1.807) is 0 Å². The van der Waals surface area contributed by atoms with E-state index in [-0.39, 0.29) is 12.5 Å². The van der Waals surface area contributed by atoms with Crippen LogP contribution in [0.25, 0.3) is 10.9 Å². The molecule has 1 aromatic heterocycles. The number of aliphatic hydroxyl groups is 1. The highest BCUT2D eigenvalue weighted by atomic mass is 16.3. The number of carbonyl (C=O) groups is 1. The van der Waals surface area contributed by atoms with Crippen LogP contribution in [-0.4, -0.2) is 33.6 Å². The summed E-state index contributed by atoms with van der Waals surface area (Å²) >= 11 is 0. The number of fused-ring (bicyclic) bond motifs is 1. The Bertz CT molecular complexity index is 994. The first-order chi connectivity index (χ1) is 13.0. The number of β-amino-alcohol motifs (C(OH)–C–C–N with tert-alkyl or cyclic N) is 1. The van der Waals surface area contributed by atoms with Crippen molar-refractivity contribution < 1.29 is 9.90 Å². The number of amides is 1. The SMILES string of the molecule is Cc1ccccc1[C@@]1(O)CCN(Cc2cn(CC(N)=O)c3ccccc23)C1. The number of aryl methyl sites for hydroxylation is 1. The Morgan fingerprint density at radius 1 is 1.19 bits per heavy atom. The summed E-state index contributed by atoms with van der Waals surface area (Å²) in [6, 6.07) is 16.1. The van der Waals surface area contributed by atoms with Crippen LogP contribution < -0.4 is 5.73 Å². The van der Waals surface area contributed by atoms with Gasteiger partial charge in [-0.1, -0.05) is 42.5 Å². The molecule has 1 aliphatic rings. The van der Waals surface area contributed by atoms with Crippen LogP contribution in [0, 0.1) is 6.92 Å². The van der Waals surface area contributed by atoms with Gasteiger partial charge in [-0.2, -0.15) is 0 Å². The number of primary amides is 1. The molecular weight excluding hydrogens is 338 g/mol. The zero-order chi connectivity index (χ0) is 19.0. The molecule has 1 amide bonds. The van der Waals surface area contributed by atoms with Crippen molar-refractivity contribution in [2.45, 2.75) is 32.0 Å². The zero-order valence-corrected chi connectivity index (χ0v) is 15.6. The Morgan fingerprint density at radius 2 is 1.93 bits per heavy atom. The Labute approximate surface area is 159 Å². The van der Waals surface area contributed by atoms with Crippen LogP contribution in [0.1, 0.15) is 23.1 Å². The number of hydrogen-bond donors (Lipinski definition) is 2. The molecule has 0 radical (unpaired) electrons. The number of rotatable bonds is 5. The van der Waals surface area contributed by atoms with E-state index in [4.69, 9.17) is 5.73 Å². The fourth-order valence-electron chi connectivity index (χ4n) is 4.31. The molecule has 27 heavy (non-hydrogen) atoms. The molecule has 140 valence electrons. The summed E-state index contributed by atoms with van der Waals surface area (Å²) in [6.07, 6.45) is 2.73. The molecule has 0 unspecified atom stereocenters. The van der Waals surface area contributed by atoms with E-state index in [1.165, 1.54) is 0 Å². The quantitative estimate of drug-likeness (QED) is 0.732. The van der Waals surface area contributed by atoms with Crippen LogP contribution in [0.2, 0.25) is 0 Å². The lowest BCUT2D eigenvalue weighted by Crippen LogP contribution is -2.31. The number of hydrogen-bond acceptors (Lipinski definition) is 3. The van der Waals surface area contributed by atoms with Gasteiger partial charge in [0.15, 0.2) is 0 Å². The third kappa shape index (κ3) is 3.36. The number of benzene rings is 2. The summed E-state index contributed by atoms with van der Waals surface area (Å²) in [7, 11) is 0. The number of carbonyl (C=O) groups excluding carboxylic acids is 1. The predicted octanol–water partition coefficient (Wildman–Crippen LogP) is 2.53. The number of nitrogens with zero attached hydrogens (tertiary/aromatic N) is 2. The largest absolute Gasteiger partial charge is 0.384 e. The highest BCUT2D eigenvalue weighted by Crippen LogP contribution is 2.35. The average molecular weight is 363 g/mol. The molecule has 2 aromatic carbocycles. The van der Waals surface area contributed by atoms with Crippen molar-refractivity contribution in [2.75, 3.05) is 13.1 Å². The average Bonchev–Trinajstić information content (AvgIpc) is 3.17. The summed E-state index contributed by atoms with van der Waals surface area (Å²) in [5.41, 5.74) is 8.90. The van der Waals surface area contributed by atoms with Crippen LogP contribution in [-0.2, 0) is 23.5 Å². The van der Waals surface area contributed by atoms with E-state index >= 15 is 0 Å². The summed E-state index contributed by atoms with van der Waals surface area (Å²) in [6.45, 7) is 4.40. The number of aromatic nitrogens is 1. The van der Waals surface area contributed by atoms with Crippen LogP contribution in [0.5, 0.6) is 0 Å². The van der Waals surface area contributed by atoms with E-state index in [0.29, 0.717) is 6.54 Å². The summed E-state index contributed by atoms with van der Waals surface area (Å²) in [5.74, 6) is -0.350. The minimum Gasteiger partial charge on any atom is -0.384 e. The molecule has 0 saturated carbocycles. The minimum absolute atomic E-state index is 0.174. The van der Waals surface area contributed by atoms with E-state index in [9.17, 15) is 9.90 Å². The number of likely N-dealkylation sites (tertiary alicyclic amines) is 1. The highest BCUT2D eigenvalue weighted by Gasteiger charge is 2.38. The van der Waals surface area contributed by atoms with Crippen LogP contribution >= 0.6 is 0 Å². The van der Waals surface area contributed by atoms with Crippen molar-refractivity contribution in [3.8, 4) is 0 Å². The highest BCUT2D eigenvalue weighted by molar-refractivity contribution is 5.85. The van der Waals surface area contributed by atoms with Gasteiger partial charge in [-0.05, 0) is 36.1 Å². The van der Waals surface area contributed by atoms with Gasteiger partial charge in [0.1, 0.15) is 12.1 Å². The van der Waals surface area contributed by atoms with E-state index < -0.39 is 5.60 Å². The van der Waals surface area contributed by atoms with Gasteiger partial charge in [0.25, 0.3) is 0 Å². The Morgan fingerprint density at radius 3 is 2.70 bits per heavy atom. The lowest BCUT2D eigenvalue weighted by Gasteiger charge is -2.25. The number of para-hydroxylation sites is 1. The molecule has 1 atom stereocenters. The second kappa shape index (κ2) is 6.83. The zero-order valence-electron chi connectivity index (χ0n) is 15.6. The lowest BCUT2D eigenvalue weighted by molar-refractivity contribution is -0.118. The molecule has 3 aromatic rings. The Balaban J connectivity index is 1.59. The van der Waals surface area contributed by atoms with Gasteiger partial charge in [-0.15, -0.1) is 0 Å². The van der Waals surface area contributed by atoms with E-state index in [2.05, 4.69) is 11.0 Å².